The van der Waals surface area contributed by atoms with E-state index in [1.54, 1.807) is 6.08 Å². The topological polar surface area (TPSA) is 54.4 Å². The van der Waals surface area contributed by atoms with Crippen LogP contribution in [-0.4, -0.2) is 16.9 Å². The van der Waals surface area contributed by atoms with Crippen molar-refractivity contribution in [3.05, 3.63) is 12.2 Å². The minimum atomic E-state index is -0.606. The molecule has 3 aliphatic rings. The van der Waals surface area contributed by atoms with Crippen LogP contribution in [0, 0.1) is 46.3 Å². The normalized spacial score (nSPS) is 40.8. The number of aliphatic carboxylic acids is 1. The molecule has 1 N–H and O–H groups in total. The van der Waals surface area contributed by atoms with Crippen LogP contribution in [0.5, 0.6) is 0 Å². The van der Waals surface area contributed by atoms with Crippen LogP contribution in [0.4, 0.5) is 0 Å². The smallest absolute Gasteiger partial charge is 0.307 e. The molecule has 0 bridgehead atoms. The molecule has 164 valence electrons. The van der Waals surface area contributed by atoms with Crippen LogP contribution in [0.2, 0.25) is 0 Å². The van der Waals surface area contributed by atoms with Gasteiger partial charge in [0, 0.05) is 6.42 Å². The summed E-state index contributed by atoms with van der Waals surface area (Å²) in [6, 6.07) is 0. The minimum Gasteiger partial charge on any atom is -0.481 e. The molecule has 0 saturated heterocycles. The number of rotatable bonds is 7. The lowest BCUT2D eigenvalue weighted by molar-refractivity contribution is -0.156. The second-order valence-electron chi connectivity index (χ2n) is 11.4. The van der Waals surface area contributed by atoms with Gasteiger partial charge >= 0.3 is 5.97 Å². The highest BCUT2D eigenvalue weighted by molar-refractivity contribution is 5.90. The maximum atomic E-state index is 12.5. The standard InChI is InChI=1S/C26H42O3/c1-17(2)7-6-8-18(3)20-9-10-22-23(24(28)29)21(13-16-26(20,22)5)25(4)14-11-19(27)12-15-25/h11,14,17-18,20-23H,6-10,12-13,15-16H2,1-5H3,(H,28,29)/t18-,20-,21+,22+,23-,25+,26+/m0/s1. The fourth-order valence-electron chi connectivity index (χ4n) is 7.40. The Hall–Kier alpha value is -1.12. The first-order chi connectivity index (χ1) is 13.6. The molecule has 0 unspecified atom stereocenters. The molecule has 2 saturated carbocycles. The number of hydrogen-bond acceptors (Lipinski definition) is 2. The highest BCUT2D eigenvalue weighted by Gasteiger charge is 2.59. The van der Waals surface area contributed by atoms with E-state index in [2.05, 4.69) is 34.6 Å². The van der Waals surface area contributed by atoms with Crippen molar-refractivity contribution in [3.8, 4) is 0 Å². The van der Waals surface area contributed by atoms with E-state index in [4.69, 9.17) is 0 Å². The highest BCUT2D eigenvalue weighted by atomic mass is 16.4. The van der Waals surface area contributed by atoms with E-state index < -0.39 is 5.97 Å². The highest BCUT2D eigenvalue weighted by Crippen LogP contribution is 2.64. The van der Waals surface area contributed by atoms with Gasteiger partial charge in [-0.3, -0.25) is 9.59 Å². The number of carbonyl (C=O) groups excluding carboxylic acids is 1. The zero-order valence-corrected chi connectivity index (χ0v) is 19.2. The lowest BCUT2D eigenvalue weighted by Gasteiger charge is -2.53. The molecule has 0 amide bonds. The molecular weight excluding hydrogens is 360 g/mol. The van der Waals surface area contributed by atoms with Crippen LogP contribution < -0.4 is 0 Å². The average molecular weight is 403 g/mol. The average Bonchev–Trinajstić information content (AvgIpc) is 3.00. The summed E-state index contributed by atoms with van der Waals surface area (Å²) in [4.78, 5) is 24.3. The predicted octanol–water partition coefficient (Wildman–Crippen LogP) is 6.52. The molecular formula is C26H42O3. The molecule has 29 heavy (non-hydrogen) atoms. The molecule has 0 aromatic rings. The maximum absolute atomic E-state index is 12.5. The molecule has 2 fully saturated rings. The second-order valence-corrected chi connectivity index (χ2v) is 11.4. The van der Waals surface area contributed by atoms with Crippen molar-refractivity contribution in [3.63, 3.8) is 0 Å². The van der Waals surface area contributed by atoms with Gasteiger partial charge in [-0.25, -0.2) is 0 Å². The zero-order chi connectivity index (χ0) is 21.4. The number of carboxylic acid groups (broad SMARTS) is 1. The van der Waals surface area contributed by atoms with Crippen molar-refractivity contribution in [1.29, 1.82) is 0 Å². The number of carbonyl (C=O) groups is 2. The van der Waals surface area contributed by atoms with E-state index in [1.165, 1.54) is 25.7 Å². The molecule has 0 heterocycles. The quantitative estimate of drug-likeness (QED) is 0.527. The zero-order valence-electron chi connectivity index (χ0n) is 19.2. The van der Waals surface area contributed by atoms with Gasteiger partial charge in [0.1, 0.15) is 0 Å². The third-order valence-electron chi connectivity index (χ3n) is 9.16. The molecule has 7 atom stereocenters. The fraction of sp³-hybridized carbons (Fsp3) is 0.846. The van der Waals surface area contributed by atoms with Crippen LogP contribution in [0.15, 0.2) is 12.2 Å². The summed E-state index contributed by atoms with van der Waals surface area (Å²) >= 11 is 0. The van der Waals surface area contributed by atoms with Crippen LogP contribution in [0.25, 0.3) is 0 Å². The Morgan fingerprint density at radius 3 is 2.41 bits per heavy atom. The van der Waals surface area contributed by atoms with Gasteiger partial charge in [0.05, 0.1) is 5.92 Å². The predicted molar refractivity (Wildman–Crippen MR) is 118 cm³/mol. The number of ketones is 1. The van der Waals surface area contributed by atoms with Gasteiger partial charge in [0.25, 0.3) is 0 Å². The van der Waals surface area contributed by atoms with Gasteiger partial charge in [-0.15, -0.1) is 0 Å². The largest absolute Gasteiger partial charge is 0.481 e. The van der Waals surface area contributed by atoms with Crippen LogP contribution in [0.3, 0.4) is 0 Å². The van der Waals surface area contributed by atoms with Crippen LogP contribution >= 0.6 is 0 Å². The number of allylic oxidation sites excluding steroid dienone is 2. The molecule has 3 rings (SSSR count). The first kappa shape index (κ1) is 22.6. The van der Waals surface area contributed by atoms with Crippen molar-refractivity contribution in [2.24, 2.45) is 46.3 Å². The van der Waals surface area contributed by atoms with E-state index in [9.17, 15) is 14.7 Å². The Bertz CT molecular complexity index is 650. The summed E-state index contributed by atoms with van der Waals surface area (Å²) in [7, 11) is 0. The van der Waals surface area contributed by atoms with Crippen molar-refractivity contribution < 1.29 is 14.7 Å². The Labute approximate surface area is 177 Å². The number of carboxylic acids is 1. The first-order valence-electron chi connectivity index (χ1n) is 12.0. The summed E-state index contributed by atoms with van der Waals surface area (Å²) in [5.41, 5.74) is 0.000623. The molecule has 3 heteroatoms. The van der Waals surface area contributed by atoms with Crippen molar-refractivity contribution in [2.45, 2.75) is 92.4 Å². The van der Waals surface area contributed by atoms with Gasteiger partial charge in [-0.1, -0.05) is 60.0 Å². The summed E-state index contributed by atoms with van der Waals surface area (Å²) < 4.78 is 0. The summed E-state index contributed by atoms with van der Waals surface area (Å²) in [5.74, 6) is 1.83. The maximum Gasteiger partial charge on any atom is 0.307 e. The Morgan fingerprint density at radius 2 is 1.83 bits per heavy atom. The Kier molecular flexibility index (Phi) is 6.65. The third-order valence-corrected chi connectivity index (χ3v) is 9.16. The van der Waals surface area contributed by atoms with E-state index in [0.29, 0.717) is 18.3 Å². The molecule has 0 aliphatic heterocycles. The van der Waals surface area contributed by atoms with Crippen molar-refractivity contribution in [1.82, 2.24) is 0 Å². The van der Waals surface area contributed by atoms with Gasteiger partial charge in [-0.05, 0) is 78.6 Å². The summed E-state index contributed by atoms with van der Waals surface area (Å²) in [5, 5.41) is 10.3. The number of fused-ring (bicyclic) bond motifs is 1. The Balaban J connectivity index is 1.79. The Morgan fingerprint density at radius 1 is 1.10 bits per heavy atom. The van der Waals surface area contributed by atoms with E-state index in [0.717, 1.165) is 31.6 Å². The monoisotopic (exact) mass is 402 g/mol. The lowest BCUT2D eigenvalue weighted by atomic mass is 9.51. The molecule has 0 aromatic heterocycles. The minimum absolute atomic E-state index is 0.150. The van der Waals surface area contributed by atoms with E-state index >= 15 is 0 Å². The van der Waals surface area contributed by atoms with Crippen molar-refractivity contribution >= 4 is 11.8 Å². The third kappa shape index (κ3) is 4.35. The summed E-state index contributed by atoms with van der Waals surface area (Å²) in [6.45, 7) is 11.6. The SMILES string of the molecule is CC(C)CCC[C@H](C)[C@@H]1CC[C@@H]2[C@@H](C(=O)O)[C@H]([C@]3(C)C=CC(=O)CC3)CC[C@@]21C. The van der Waals surface area contributed by atoms with E-state index in [1.807, 2.05) is 6.08 Å². The van der Waals surface area contributed by atoms with E-state index in [-0.39, 0.29) is 34.4 Å². The molecule has 3 nitrogen and oxygen atoms in total. The molecule has 0 spiro atoms. The van der Waals surface area contributed by atoms with Crippen molar-refractivity contribution in [2.75, 3.05) is 0 Å². The molecule has 0 aromatic carbocycles. The number of hydrogen-bond donors (Lipinski definition) is 1. The van der Waals surface area contributed by atoms with Crippen LogP contribution in [-0.2, 0) is 9.59 Å². The van der Waals surface area contributed by atoms with Gasteiger partial charge in [0.15, 0.2) is 5.78 Å². The molecule has 0 radical (unpaired) electrons. The van der Waals surface area contributed by atoms with Gasteiger partial charge in [-0.2, -0.15) is 0 Å². The lowest BCUT2D eigenvalue weighted by Crippen LogP contribution is -2.50. The summed E-state index contributed by atoms with van der Waals surface area (Å²) in [6.07, 6.45) is 13.3. The van der Waals surface area contributed by atoms with Crippen LogP contribution in [0.1, 0.15) is 92.4 Å². The molecule has 3 aliphatic carbocycles. The van der Waals surface area contributed by atoms with Gasteiger partial charge in [0.2, 0.25) is 0 Å². The fourth-order valence-corrected chi connectivity index (χ4v) is 7.40. The van der Waals surface area contributed by atoms with Gasteiger partial charge < -0.3 is 5.11 Å². The second kappa shape index (κ2) is 8.55. The first-order valence-corrected chi connectivity index (χ1v) is 12.0.